The normalized spacial score (nSPS) is 10.1. The molecule has 0 aromatic heterocycles. The summed E-state index contributed by atoms with van der Waals surface area (Å²) < 4.78 is 9.90. The first-order valence-electron chi connectivity index (χ1n) is 6.62. The lowest BCUT2D eigenvalue weighted by Crippen LogP contribution is -2.14. The summed E-state index contributed by atoms with van der Waals surface area (Å²) in [4.78, 5) is 23.9. The van der Waals surface area contributed by atoms with Gasteiger partial charge in [0.1, 0.15) is 5.75 Å². The topological polar surface area (TPSA) is 52.6 Å². The predicted molar refractivity (Wildman–Crippen MR) is 83.6 cm³/mol. The molecular formula is C17H15ClO4. The van der Waals surface area contributed by atoms with Crippen LogP contribution in [-0.4, -0.2) is 25.5 Å². The van der Waals surface area contributed by atoms with E-state index in [2.05, 4.69) is 4.74 Å². The van der Waals surface area contributed by atoms with Crippen LogP contribution in [-0.2, 0) is 9.53 Å². The van der Waals surface area contributed by atoms with Gasteiger partial charge in [0.25, 0.3) is 0 Å². The Kier molecular flexibility index (Phi) is 5.17. The summed E-state index contributed by atoms with van der Waals surface area (Å²) >= 11 is 5.98. The number of esters is 1. The van der Waals surface area contributed by atoms with Crippen molar-refractivity contribution in [2.75, 3.05) is 13.7 Å². The van der Waals surface area contributed by atoms with E-state index in [0.29, 0.717) is 21.9 Å². The minimum absolute atomic E-state index is 0.208. The molecule has 2 aromatic rings. The lowest BCUT2D eigenvalue weighted by atomic mass is 9.98. The number of carbonyl (C=O) groups excluding carboxylic acids is 2. The number of carbonyl (C=O) groups is 2. The molecule has 0 saturated heterocycles. The summed E-state index contributed by atoms with van der Waals surface area (Å²) in [6.45, 7) is 1.58. The molecule has 2 aromatic carbocycles. The molecule has 0 fully saturated rings. The number of aryl methyl sites for hydroxylation is 1. The minimum Gasteiger partial charge on any atom is -0.481 e. The standard InChI is InChI=1S/C17H15ClO4/c1-11-5-3-4-6-13(11)17(20)14-9-12(18)7-8-15(14)22-10-16(19)21-2/h3-9H,10H2,1-2H3. The number of hydrogen-bond acceptors (Lipinski definition) is 4. The highest BCUT2D eigenvalue weighted by Gasteiger charge is 2.17. The molecule has 5 heteroatoms. The summed E-state index contributed by atoms with van der Waals surface area (Å²) in [6.07, 6.45) is 0. The first-order chi connectivity index (χ1) is 10.5. The Bertz CT molecular complexity index is 710. The molecule has 0 atom stereocenters. The van der Waals surface area contributed by atoms with Crippen molar-refractivity contribution in [3.05, 3.63) is 64.2 Å². The molecule has 4 nitrogen and oxygen atoms in total. The van der Waals surface area contributed by atoms with Crippen LogP contribution in [0.25, 0.3) is 0 Å². The van der Waals surface area contributed by atoms with Crippen molar-refractivity contribution in [2.24, 2.45) is 0 Å². The van der Waals surface area contributed by atoms with Gasteiger partial charge >= 0.3 is 5.97 Å². The molecular weight excluding hydrogens is 304 g/mol. The summed E-state index contributed by atoms with van der Waals surface area (Å²) in [5, 5.41) is 0.419. The van der Waals surface area contributed by atoms with E-state index in [4.69, 9.17) is 16.3 Å². The van der Waals surface area contributed by atoms with Gasteiger partial charge in [0.05, 0.1) is 12.7 Å². The van der Waals surface area contributed by atoms with E-state index in [1.165, 1.54) is 13.2 Å². The van der Waals surface area contributed by atoms with Crippen molar-refractivity contribution in [2.45, 2.75) is 6.92 Å². The van der Waals surface area contributed by atoms with Gasteiger partial charge in [-0.1, -0.05) is 35.9 Å². The number of halogens is 1. The van der Waals surface area contributed by atoms with Gasteiger partial charge in [-0.3, -0.25) is 4.79 Å². The quantitative estimate of drug-likeness (QED) is 0.626. The van der Waals surface area contributed by atoms with Crippen LogP contribution >= 0.6 is 11.6 Å². The van der Waals surface area contributed by atoms with Crippen molar-refractivity contribution < 1.29 is 19.1 Å². The number of ketones is 1. The zero-order valence-electron chi connectivity index (χ0n) is 12.3. The Morgan fingerprint density at radius 2 is 1.82 bits per heavy atom. The molecule has 0 unspecified atom stereocenters. The molecule has 22 heavy (non-hydrogen) atoms. The Labute approximate surface area is 133 Å². The van der Waals surface area contributed by atoms with Gasteiger partial charge in [-0.05, 0) is 30.7 Å². The molecule has 0 aliphatic carbocycles. The van der Waals surface area contributed by atoms with Crippen LogP contribution in [0.3, 0.4) is 0 Å². The van der Waals surface area contributed by atoms with Crippen LogP contribution in [0.1, 0.15) is 21.5 Å². The first kappa shape index (κ1) is 16.0. The van der Waals surface area contributed by atoms with Gasteiger partial charge in [-0.2, -0.15) is 0 Å². The predicted octanol–water partition coefficient (Wildman–Crippen LogP) is 3.43. The van der Waals surface area contributed by atoms with Crippen LogP contribution < -0.4 is 4.74 Å². The Balaban J connectivity index is 2.37. The SMILES string of the molecule is COC(=O)COc1ccc(Cl)cc1C(=O)c1ccccc1C. The number of benzene rings is 2. The van der Waals surface area contributed by atoms with Crippen LogP contribution in [0.2, 0.25) is 5.02 Å². The third-order valence-corrected chi connectivity index (χ3v) is 3.38. The van der Waals surface area contributed by atoms with E-state index in [0.717, 1.165) is 5.56 Å². The van der Waals surface area contributed by atoms with Crippen LogP contribution in [0.15, 0.2) is 42.5 Å². The fourth-order valence-corrected chi connectivity index (χ4v) is 2.15. The Morgan fingerprint density at radius 1 is 1.09 bits per heavy atom. The van der Waals surface area contributed by atoms with Gasteiger partial charge < -0.3 is 9.47 Å². The zero-order chi connectivity index (χ0) is 16.1. The number of methoxy groups -OCH3 is 1. The number of ether oxygens (including phenoxy) is 2. The van der Waals surface area contributed by atoms with E-state index in [-0.39, 0.29) is 12.4 Å². The highest BCUT2D eigenvalue weighted by Crippen LogP contribution is 2.26. The molecule has 0 amide bonds. The third-order valence-electron chi connectivity index (χ3n) is 3.15. The molecule has 0 bridgehead atoms. The molecule has 2 rings (SSSR count). The van der Waals surface area contributed by atoms with Gasteiger partial charge in [-0.25, -0.2) is 4.79 Å². The summed E-state index contributed by atoms with van der Waals surface area (Å²) in [5.41, 5.74) is 1.73. The number of hydrogen-bond donors (Lipinski definition) is 0. The second-order valence-electron chi connectivity index (χ2n) is 4.65. The second kappa shape index (κ2) is 7.09. The fraction of sp³-hybridized carbons (Fsp3) is 0.176. The lowest BCUT2D eigenvalue weighted by Gasteiger charge is -2.11. The van der Waals surface area contributed by atoms with Crippen molar-refractivity contribution in [3.8, 4) is 5.75 Å². The maximum Gasteiger partial charge on any atom is 0.343 e. The van der Waals surface area contributed by atoms with Gasteiger partial charge in [-0.15, -0.1) is 0 Å². The average molecular weight is 319 g/mol. The summed E-state index contributed by atoms with van der Waals surface area (Å²) in [7, 11) is 1.27. The molecule has 0 aliphatic rings. The molecule has 0 radical (unpaired) electrons. The fourth-order valence-electron chi connectivity index (χ4n) is 1.97. The molecule has 0 heterocycles. The van der Waals surface area contributed by atoms with E-state index < -0.39 is 5.97 Å². The average Bonchev–Trinajstić information content (AvgIpc) is 2.53. The van der Waals surface area contributed by atoms with E-state index >= 15 is 0 Å². The molecule has 0 N–H and O–H groups in total. The summed E-state index contributed by atoms with van der Waals surface area (Å²) in [6, 6.07) is 11.9. The summed E-state index contributed by atoms with van der Waals surface area (Å²) in [5.74, 6) is -0.437. The maximum atomic E-state index is 12.7. The van der Waals surface area contributed by atoms with Gasteiger partial charge in [0, 0.05) is 10.6 Å². The first-order valence-corrected chi connectivity index (χ1v) is 7.00. The van der Waals surface area contributed by atoms with Crippen molar-refractivity contribution in [1.29, 1.82) is 0 Å². The number of rotatable bonds is 5. The van der Waals surface area contributed by atoms with Gasteiger partial charge in [0.15, 0.2) is 12.4 Å². The third kappa shape index (κ3) is 3.65. The molecule has 0 saturated carbocycles. The monoisotopic (exact) mass is 318 g/mol. The zero-order valence-corrected chi connectivity index (χ0v) is 13.0. The van der Waals surface area contributed by atoms with Crippen LogP contribution in [0.5, 0.6) is 5.75 Å². The molecule has 0 spiro atoms. The van der Waals surface area contributed by atoms with Crippen LogP contribution in [0, 0.1) is 6.92 Å². The minimum atomic E-state index is -0.524. The van der Waals surface area contributed by atoms with E-state index in [1.807, 2.05) is 19.1 Å². The smallest absolute Gasteiger partial charge is 0.343 e. The molecule has 0 aliphatic heterocycles. The van der Waals surface area contributed by atoms with Crippen LogP contribution in [0.4, 0.5) is 0 Å². The van der Waals surface area contributed by atoms with E-state index in [1.54, 1.807) is 24.3 Å². The van der Waals surface area contributed by atoms with Crippen molar-refractivity contribution in [1.82, 2.24) is 0 Å². The molecule has 114 valence electrons. The largest absolute Gasteiger partial charge is 0.481 e. The highest BCUT2D eigenvalue weighted by atomic mass is 35.5. The van der Waals surface area contributed by atoms with Gasteiger partial charge in [0.2, 0.25) is 0 Å². The van der Waals surface area contributed by atoms with Crippen molar-refractivity contribution in [3.63, 3.8) is 0 Å². The van der Waals surface area contributed by atoms with Crippen molar-refractivity contribution >= 4 is 23.4 Å². The van der Waals surface area contributed by atoms with E-state index in [9.17, 15) is 9.59 Å². The maximum absolute atomic E-state index is 12.7. The lowest BCUT2D eigenvalue weighted by molar-refractivity contribution is -0.142. The second-order valence-corrected chi connectivity index (χ2v) is 5.09. The Hall–Kier alpha value is -2.33. The Morgan fingerprint density at radius 3 is 2.50 bits per heavy atom. The highest BCUT2D eigenvalue weighted by molar-refractivity contribution is 6.31.